The van der Waals surface area contributed by atoms with Gasteiger partial charge in [0.25, 0.3) is 0 Å². The van der Waals surface area contributed by atoms with Crippen LogP contribution in [0.15, 0.2) is 24.8 Å². The highest BCUT2D eigenvalue weighted by Gasteiger charge is 2.10. The largest absolute Gasteiger partial charge is 0.383 e. The Morgan fingerprint density at radius 1 is 1.50 bits per heavy atom. The molecule has 0 fully saturated rings. The van der Waals surface area contributed by atoms with E-state index in [-0.39, 0.29) is 0 Å². The normalized spacial score (nSPS) is 10.6. The molecule has 2 aromatic heterocycles. The lowest BCUT2D eigenvalue weighted by molar-refractivity contribution is 0.187. The highest BCUT2D eigenvalue weighted by Crippen LogP contribution is 2.24. The summed E-state index contributed by atoms with van der Waals surface area (Å²) >= 11 is 6.05. The lowest BCUT2D eigenvalue weighted by atomic mass is 10.2. The second kappa shape index (κ2) is 5.05. The van der Waals surface area contributed by atoms with E-state index in [0.29, 0.717) is 18.2 Å². The van der Waals surface area contributed by atoms with Crippen molar-refractivity contribution in [2.45, 2.75) is 6.54 Å². The van der Waals surface area contributed by atoms with Gasteiger partial charge in [0.1, 0.15) is 6.33 Å². The second-order valence-electron chi connectivity index (χ2n) is 3.20. The number of pyridine rings is 1. The second-order valence-corrected chi connectivity index (χ2v) is 3.60. The van der Waals surface area contributed by atoms with E-state index < -0.39 is 0 Å². The predicted molar refractivity (Wildman–Crippen MR) is 60.1 cm³/mol. The molecule has 0 aliphatic carbocycles. The van der Waals surface area contributed by atoms with Crippen molar-refractivity contribution in [1.29, 1.82) is 0 Å². The lowest BCUT2D eigenvalue weighted by Gasteiger charge is -2.06. The summed E-state index contributed by atoms with van der Waals surface area (Å²) in [5.74, 6) is 0.726. The van der Waals surface area contributed by atoms with Crippen molar-refractivity contribution in [1.82, 2.24) is 19.7 Å². The zero-order chi connectivity index (χ0) is 11.4. The van der Waals surface area contributed by atoms with Crippen LogP contribution in [0.1, 0.15) is 0 Å². The number of hydrogen-bond acceptors (Lipinski definition) is 4. The van der Waals surface area contributed by atoms with E-state index in [2.05, 4.69) is 15.2 Å². The van der Waals surface area contributed by atoms with E-state index in [1.807, 2.05) is 10.6 Å². The van der Waals surface area contributed by atoms with E-state index in [0.717, 1.165) is 11.4 Å². The summed E-state index contributed by atoms with van der Waals surface area (Å²) in [6, 6.07) is 1.82. The molecule has 0 radical (unpaired) electrons. The van der Waals surface area contributed by atoms with Gasteiger partial charge in [0, 0.05) is 31.6 Å². The van der Waals surface area contributed by atoms with Gasteiger partial charge in [-0.2, -0.15) is 0 Å². The van der Waals surface area contributed by atoms with Gasteiger partial charge in [-0.1, -0.05) is 11.6 Å². The first-order valence-electron chi connectivity index (χ1n) is 4.79. The van der Waals surface area contributed by atoms with E-state index in [4.69, 9.17) is 16.3 Å². The Kier molecular flexibility index (Phi) is 3.48. The summed E-state index contributed by atoms with van der Waals surface area (Å²) in [6.07, 6.45) is 4.92. The highest BCUT2D eigenvalue weighted by molar-refractivity contribution is 6.33. The first-order chi connectivity index (χ1) is 7.83. The van der Waals surface area contributed by atoms with Crippen LogP contribution in [-0.2, 0) is 11.3 Å². The average Bonchev–Trinajstić information content (AvgIpc) is 2.75. The van der Waals surface area contributed by atoms with Gasteiger partial charge in [-0.15, -0.1) is 10.2 Å². The third-order valence-electron chi connectivity index (χ3n) is 2.17. The zero-order valence-electron chi connectivity index (χ0n) is 8.80. The van der Waals surface area contributed by atoms with Gasteiger partial charge >= 0.3 is 0 Å². The van der Waals surface area contributed by atoms with Crippen molar-refractivity contribution in [2.75, 3.05) is 13.7 Å². The minimum atomic E-state index is 0.564. The molecule has 0 aromatic carbocycles. The van der Waals surface area contributed by atoms with Crippen molar-refractivity contribution in [2.24, 2.45) is 0 Å². The maximum atomic E-state index is 6.05. The van der Waals surface area contributed by atoms with Gasteiger partial charge in [0.15, 0.2) is 5.82 Å². The Labute approximate surface area is 98.0 Å². The average molecular weight is 239 g/mol. The zero-order valence-corrected chi connectivity index (χ0v) is 9.55. The first-order valence-corrected chi connectivity index (χ1v) is 5.17. The molecule has 2 rings (SSSR count). The van der Waals surface area contributed by atoms with Gasteiger partial charge in [0.2, 0.25) is 0 Å². The third kappa shape index (κ3) is 2.20. The fourth-order valence-corrected chi connectivity index (χ4v) is 1.58. The van der Waals surface area contributed by atoms with E-state index in [9.17, 15) is 0 Å². The number of aromatic nitrogens is 4. The SMILES string of the molecule is COCCn1cnnc1-c1ccncc1Cl. The minimum absolute atomic E-state index is 0.564. The standard InChI is InChI=1S/C10H11ClN4O/c1-16-5-4-15-7-13-14-10(15)8-2-3-12-6-9(8)11/h2-3,6-7H,4-5H2,1H3. The predicted octanol–water partition coefficient (Wildman–Crippen LogP) is 1.64. The van der Waals surface area contributed by atoms with Crippen LogP contribution >= 0.6 is 11.6 Å². The summed E-state index contributed by atoms with van der Waals surface area (Å²) in [6.45, 7) is 1.30. The molecule has 0 bridgehead atoms. The van der Waals surface area contributed by atoms with Gasteiger partial charge in [0.05, 0.1) is 11.6 Å². The maximum absolute atomic E-state index is 6.05. The fourth-order valence-electron chi connectivity index (χ4n) is 1.37. The molecule has 0 aliphatic heterocycles. The summed E-state index contributed by atoms with van der Waals surface area (Å²) < 4.78 is 6.91. The number of hydrogen-bond donors (Lipinski definition) is 0. The topological polar surface area (TPSA) is 52.8 Å². The molecular weight excluding hydrogens is 228 g/mol. The molecular formula is C10H11ClN4O. The van der Waals surface area contributed by atoms with Crippen LogP contribution in [0.3, 0.4) is 0 Å². The Balaban J connectivity index is 2.33. The van der Waals surface area contributed by atoms with Crippen molar-refractivity contribution in [3.63, 3.8) is 0 Å². The quantitative estimate of drug-likeness (QED) is 0.813. The van der Waals surface area contributed by atoms with Crippen molar-refractivity contribution in [3.05, 3.63) is 29.8 Å². The smallest absolute Gasteiger partial charge is 0.165 e. The van der Waals surface area contributed by atoms with Crippen molar-refractivity contribution < 1.29 is 4.74 Å². The maximum Gasteiger partial charge on any atom is 0.165 e. The van der Waals surface area contributed by atoms with Crippen LogP contribution in [0, 0.1) is 0 Å². The monoisotopic (exact) mass is 238 g/mol. The van der Waals surface area contributed by atoms with E-state index >= 15 is 0 Å². The van der Waals surface area contributed by atoms with Gasteiger partial charge in [-0.05, 0) is 6.07 Å². The molecule has 2 aromatic rings. The Morgan fingerprint density at radius 2 is 2.38 bits per heavy atom. The van der Waals surface area contributed by atoms with Crippen LogP contribution < -0.4 is 0 Å². The molecule has 0 atom stereocenters. The molecule has 0 N–H and O–H groups in total. The number of rotatable bonds is 4. The summed E-state index contributed by atoms with van der Waals surface area (Å²) in [4.78, 5) is 3.93. The van der Waals surface area contributed by atoms with Gasteiger partial charge in [-0.25, -0.2) is 0 Å². The highest BCUT2D eigenvalue weighted by atomic mass is 35.5. The van der Waals surface area contributed by atoms with Crippen LogP contribution in [0.5, 0.6) is 0 Å². The van der Waals surface area contributed by atoms with Crippen molar-refractivity contribution in [3.8, 4) is 11.4 Å². The number of nitrogens with zero attached hydrogens (tertiary/aromatic N) is 4. The molecule has 0 saturated carbocycles. The van der Waals surface area contributed by atoms with Crippen LogP contribution in [-0.4, -0.2) is 33.5 Å². The minimum Gasteiger partial charge on any atom is -0.383 e. The van der Waals surface area contributed by atoms with E-state index in [1.165, 1.54) is 0 Å². The fraction of sp³-hybridized carbons (Fsp3) is 0.300. The molecule has 6 heteroatoms. The summed E-state index contributed by atoms with van der Waals surface area (Å²) in [5.41, 5.74) is 0.824. The third-order valence-corrected chi connectivity index (χ3v) is 2.47. The number of methoxy groups -OCH3 is 1. The number of ether oxygens (including phenoxy) is 1. The van der Waals surface area contributed by atoms with Crippen LogP contribution in [0.4, 0.5) is 0 Å². The Bertz CT molecular complexity index is 471. The summed E-state index contributed by atoms with van der Waals surface area (Å²) in [5, 5.41) is 8.48. The molecule has 84 valence electrons. The molecule has 0 saturated heterocycles. The molecule has 0 spiro atoms. The molecule has 5 nitrogen and oxygen atoms in total. The van der Waals surface area contributed by atoms with Gasteiger partial charge in [-0.3, -0.25) is 4.98 Å². The van der Waals surface area contributed by atoms with E-state index in [1.54, 1.807) is 25.8 Å². The molecule has 0 aliphatic rings. The van der Waals surface area contributed by atoms with Gasteiger partial charge < -0.3 is 9.30 Å². The molecule has 0 amide bonds. The molecule has 2 heterocycles. The molecule has 16 heavy (non-hydrogen) atoms. The molecule has 0 unspecified atom stereocenters. The Morgan fingerprint density at radius 3 is 3.12 bits per heavy atom. The first kappa shape index (κ1) is 11.0. The van der Waals surface area contributed by atoms with Crippen LogP contribution in [0.2, 0.25) is 5.02 Å². The lowest BCUT2D eigenvalue weighted by Crippen LogP contribution is -2.05. The Hall–Kier alpha value is -1.46. The summed E-state index contributed by atoms with van der Waals surface area (Å²) in [7, 11) is 1.66. The van der Waals surface area contributed by atoms with Crippen LogP contribution in [0.25, 0.3) is 11.4 Å². The van der Waals surface area contributed by atoms with Crippen molar-refractivity contribution >= 4 is 11.6 Å². The number of halogens is 1.